The molecular weight excluding hydrogens is 460 g/mol. The van der Waals surface area contributed by atoms with E-state index >= 15 is 0 Å². The number of rotatable bonds is 8. The molecule has 0 saturated carbocycles. The maximum Gasteiger partial charge on any atom is 0.178 e. The molecule has 4 rings (SSSR count). The molecule has 35 heavy (non-hydrogen) atoms. The third-order valence-electron chi connectivity index (χ3n) is 5.55. The van der Waals surface area contributed by atoms with Gasteiger partial charge in [-0.15, -0.1) is 10.2 Å². The number of hydrogen-bond donors (Lipinski definition) is 0. The molecule has 8 nitrogen and oxygen atoms in total. The highest BCUT2D eigenvalue weighted by molar-refractivity contribution is 7.91. The molecule has 0 aromatic heterocycles. The Kier molecular flexibility index (Phi) is 7.45. The molecule has 3 aromatic rings. The van der Waals surface area contributed by atoms with Crippen molar-refractivity contribution in [2.24, 2.45) is 25.4 Å². The topological polar surface area (TPSA) is 99.2 Å². The third-order valence-corrected chi connectivity index (χ3v) is 7.35. The third kappa shape index (κ3) is 6.24. The highest BCUT2D eigenvalue weighted by Gasteiger charge is 2.20. The van der Waals surface area contributed by atoms with Crippen molar-refractivity contribution < 1.29 is 8.42 Å². The van der Waals surface area contributed by atoms with Crippen LogP contribution in [0.4, 0.5) is 28.4 Å². The van der Waals surface area contributed by atoms with Crippen LogP contribution in [0.1, 0.15) is 25.3 Å². The second-order valence-electron chi connectivity index (χ2n) is 8.49. The number of nitrogens with zero attached hydrogens (tertiary/aromatic N) is 6. The van der Waals surface area contributed by atoms with Gasteiger partial charge in [0.25, 0.3) is 0 Å². The molecular formula is C26H28N6O2S. The van der Waals surface area contributed by atoms with Gasteiger partial charge < -0.3 is 4.90 Å². The van der Waals surface area contributed by atoms with Gasteiger partial charge >= 0.3 is 0 Å². The maximum atomic E-state index is 12.5. The summed E-state index contributed by atoms with van der Waals surface area (Å²) in [5, 5.41) is 17.1. The van der Waals surface area contributed by atoms with Crippen LogP contribution in [0.25, 0.3) is 0 Å². The van der Waals surface area contributed by atoms with Crippen molar-refractivity contribution in [3.05, 3.63) is 72.3 Å². The molecule has 0 spiro atoms. The average Bonchev–Trinajstić information content (AvgIpc) is 3.28. The fourth-order valence-electron chi connectivity index (χ4n) is 3.50. The number of sulfone groups is 1. The summed E-state index contributed by atoms with van der Waals surface area (Å²) in [5.74, 6) is 0.710. The van der Waals surface area contributed by atoms with Gasteiger partial charge in [0.15, 0.2) is 15.7 Å². The van der Waals surface area contributed by atoms with Gasteiger partial charge in [-0.25, -0.2) is 13.4 Å². The van der Waals surface area contributed by atoms with Gasteiger partial charge in [-0.3, -0.25) is 0 Å². The van der Waals surface area contributed by atoms with E-state index in [0.29, 0.717) is 34.9 Å². The number of hydrogen-bond acceptors (Lipinski definition) is 8. The summed E-state index contributed by atoms with van der Waals surface area (Å²) in [6.45, 7) is 1.98. The molecule has 0 aliphatic carbocycles. The van der Waals surface area contributed by atoms with E-state index < -0.39 is 9.84 Å². The quantitative estimate of drug-likeness (QED) is 0.316. The smallest absolute Gasteiger partial charge is 0.178 e. The average molecular weight is 489 g/mol. The van der Waals surface area contributed by atoms with Crippen LogP contribution < -0.4 is 4.90 Å². The predicted molar refractivity (Wildman–Crippen MR) is 140 cm³/mol. The van der Waals surface area contributed by atoms with Gasteiger partial charge in [0, 0.05) is 26.2 Å². The van der Waals surface area contributed by atoms with Crippen LogP contribution in [0.5, 0.6) is 0 Å². The fourth-order valence-corrected chi connectivity index (χ4v) is 5.00. The minimum atomic E-state index is -3.27. The monoisotopic (exact) mass is 488 g/mol. The van der Waals surface area contributed by atoms with Crippen LogP contribution in [0, 0.1) is 0 Å². The highest BCUT2D eigenvalue weighted by Crippen LogP contribution is 2.31. The molecule has 3 aromatic carbocycles. The summed E-state index contributed by atoms with van der Waals surface area (Å²) in [6.07, 6.45) is 1.95. The zero-order chi connectivity index (χ0) is 24.8. The molecule has 0 unspecified atom stereocenters. The van der Waals surface area contributed by atoms with E-state index in [1.807, 2.05) is 74.4 Å². The Morgan fingerprint density at radius 1 is 0.829 bits per heavy atom. The highest BCUT2D eigenvalue weighted by atomic mass is 32.2. The van der Waals surface area contributed by atoms with Gasteiger partial charge in [0.2, 0.25) is 0 Å². The first-order valence-electron chi connectivity index (χ1n) is 11.5. The Balaban J connectivity index is 1.37. The molecule has 1 aliphatic rings. The minimum absolute atomic E-state index is 0.161. The van der Waals surface area contributed by atoms with Crippen LogP contribution >= 0.6 is 0 Å². The van der Waals surface area contributed by atoms with Gasteiger partial charge in [0.1, 0.15) is 0 Å². The number of azo groups is 2. The summed E-state index contributed by atoms with van der Waals surface area (Å²) >= 11 is 0. The normalized spacial score (nSPS) is 13.4. The van der Waals surface area contributed by atoms with Gasteiger partial charge in [-0.1, -0.05) is 13.3 Å². The number of benzene rings is 3. The molecule has 1 heterocycles. The van der Waals surface area contributed by atoms with Crippen molar-refractivity contribution in [1.29, 1.82) is 0 Å². The predicted octanol–water partition coefficient (Wildman–Crippen LogP) is 7.11. The van der Waals surface area contributed by atoms with Gasteiger partial charge in [0.05, 0.1) is 33.4 Å². The standard InChI is InChI=1S/C26H28N6O2S/c1-4-5-16-35(33,34)24-14-15-25-19(17-24)18-26(27-25)31-30-21-8-6-20(7-9-21)28-29-22-10-12-23(13-11-22)32(2)3/h6-15,17H,4-5,16,18H2,1-3H3. The van der Waals surface area contributed by atoms with Crippen LogP contribution in [0.15, 0.2) is 97.1 Å². The Morgan fingerprint density at radius 2 is 1.40 bits per heavy atom. The molecule has 0 radical (unpaired) electrons. The molecule has 1 aliphatic heterocycles. The maximum absolute atomic E-state index is 12.5. The zero-order valence-electron chi connectivity index (χ0n) is 20.1. The Morgan fingerprint density at radius 3 is 1.97 bits per heavy atom. The number of anilines is 1. The van der Waals surface area contributed by atoms with Crippen LogP contribution in [-0.2, 0) is 16.3 Å². The van der Waals surface area contributed by atoms with Gasteiger partial charge in [-0.05, 0) is 78.7 Å². The first-order valence-corrected chi connectivity index (χ1v) is 13.1. The summed E-state index contributed by atoms with van der Waals surface area (Å²) < 4.78 is 25.0. The summed E-state index contributed by atoms with van der Waals surface area (Å²) in [5.41, 5.74) is 4.85. The number of amidine groups is 1. The van der Waals surface area contributed by atoms with E-state index in [1.165, 1.54) is 0 Å². The van der Waals surface area contributed by atoms with E-state index in [-0.39, 0.29) is 5.75 Å². The first-order chi connectivity index (χ1) is 16.8. The van der Waals surface area contributed by atoms with Gasteiger partial charge in [-0.2, -0.15) is 10.2 Å². The first kappa shape index (κ1) is 24.4. The zero-order valence-corrected chi connectivity index (χ0v) is 20.9. The molecule has 0 atom stereocenters. The Hall–Kier alpha value is -3.72. The molecule has 180 valence electrons. The lowest BCUT2D eigenvalue weighted by Crippen LogP contribution is -2.07. The van der Waals surface area contributed by atoms with Crippen molar-refractivity contribution in [2.45, 2.75) is 31.1 Å². The summed E-state index contributed by atoms with van der Waals surface area (Å²) in [7, 11) is 0.711. The van der Waals surface area contributed by atoms with E-state index in [2.05, 4.69) is 25.4 Å². The molecule has 0 saturated heterocycles. The summed E-state index contributed by atoms with van der Waals surface area (Å²) in [4.78, 5) is 6.85. The minimum Gasteiger partial charge on any atom is -0.378 e. The second-order valence-corrected chi connectivity index (χ2v) is 10.6. The van der Waals surface area contributed by atoms with Crippen LogP contribution in [0.3, 0.4) is 0 Å². The fraction of sp³-hybridized carbons (Fsp3) is 0.269. The van der Waals surface area contributed by atoms with E-state index in [0.717, 1.165) is 29.0 Å². The summed E-state index contributed by atoms with van der Waals surface area (Å²) in [6, 6.07) is 20.2. The number of unbranched alkanes of at least 4 members (excludes halogenated alkanes) is 1. The van der Waals surface area contributed by atoms with Crippen LogP contribution in [-0.4, -0.2) is 34.1 Å². The lowest BCUT2D eigenvalue weighted by Gasteiger charge is -2.11. The SMILES string of the molecule is CCCCS(=O)(=O)c1ccc2c(c1)CC(N=Nc1ccc(N=Nc3ccc(N(C)C)cc3)cc1)=N2. The van der Waals surface area contributed by atoms with Crippen molar-refractivity contribution in [1.82, 2.24) is 0 Å². The van der Waals surface area contributed by atoms with E-state index in [1.54, 1.807) is 18.2 Å². The van der Waals surface area contributed by atoms with Crippen molar-refractivity contribution in [2.75, 3.05) is 24.7 Å². The lowest BCUT2D eigenvalue weighted by molar-refractivity contribution is 0.592. The lowest BCUT2D eigenvalue weighted by atomic mass is 10.1. The molecule has 9 heteroatoms. The number of fused-ring (bicyclic) bond motifs is 1. The molecule has 0 N–H and O–H groups in total. The van der Waals surface area contributed by atoms with Crippen molar-refractivity contribution >= 4 is 44.1 Å². The Bertz CT molecular complexity index is 1380. The molecule has 0 amide bonds. The molecule has 0 bridgehead atoms. The number of aliphatic imine (C=N–C) groups is 1. The second kappa shape index (κ2) is 10.7. The van der Waals surface area contributed by atoms with Crippen molar-refractivity contribution in [3.8, 4) is 0 Å². The largest absolute Gasteiger partial charge is 0.378 e. The molecule has 0 fully saturated rings. The van der Waals surface area contributed by atoms with Crippen molar-refractivity contribution in [3.63, 3.8) is 0 Å². The van der Waals surface area contributed by atoms with E-state index in [4.69, 9.17) is 0 Å². The van der Waals surface area contributed by atoms with E-state index in [9.17, 15) is 8.42 Å². The van der Waals surface area contributed by atoms with Crippen LogP contribution in [0.2, 0.25) is 0 Å². The Labute approximate surface area is 206 Å².